The van der Waals surface area contributed by atoms with Crippen LogP contribution in [0.15, 0.2) is 193 Å². The molecule has 0 bridgehead atoms. The average Bonchev–Trinajstić information content (AvgIpc) is 3.44. The molecule has 0 unspecified atom stereocenters. The molecule has 2 heterocycles. The lowest BCUT2D eigenvalue weighted by Crippen LogP contribution is -2.74. The summed E-state index contributed by atoms with van der Waals surface area (Å²) in [7, 11) is -3.26. The van der Waals surface area contributed by atoms with Crippen LogP contribution in [-0.4, -0.2) is 39.4 Å². The van der Waals surface area contributed by atoms with Crippen LogP contribution in [0.2, 0.25) is 0 Å². The van der Waals surface area contributed by atoms with Gasteiger partial charge in [0.15, 0.2) is 28.4 Å². The summed E-state index contributed by atoms with van der Waals surface area (Å²) in [4.78, 5) is 3.70. The van der Waals surface area contributed by atoms with Crippen molar-refractivity contribution in [2.24, 2.45) is 0 Å². The zero-order valence-corrected chi connectivity index (χ0v) is 34.0. The Morgan fingerprint density at radius 3 is 1.59 bits per heavy atom. The molecule has 5 nitrogen and oxygen atoms in total. The number of nitrogens with one attached hydrogen (secondary N) is 1. The standard InChI is InChI=1S/C27H27NO4S.C24H20B/c1-27(2)31-17-25(26(32-27)18-10-12-22(13-11-18)33(3,29)30)19-8-9-21-16-28-15-20-6-4-5-7-23(20)24(21)14-19;1-5-13-21(14-6-1)25(22-15-7-2-8-16-22,23-17-9-3-10-18-23)24-19-11-4-12-20-24/h4-15,25-26H,16-17H2,1-3H3;1-20H/q;-1/p+1/t25-,26-;/m1./s1. The van der Waals surface area contributed by atoms with Crippen LogP contribution in [-0.2, 0) is 25.9 Å². The Hall–Kier alpha value is -5.86. The van der Waals surface area contributed by atoms with Crippen molar-refractivity contribution in [3.05, 3.63) is 210 Å². The van der Waals surface area contributed by atoms with E-state index in [1.54, 1.807) is 12.1 Å². The van der Waals surface area contributed by atoms with Crippen molar-refractivity contribution in [1.82, 2.24) is 0 Å². The third-order valence-corrected chi connectivity index (χ3v) is 12.7. The Balaban J connectivity index is 0.000000168. The SMILES string of the molecule is CC1(C)OC[C@H](c2ccc3c(c2)-c2ccccc2C=[NH+]C3)[C@@H](c2ccc(S(C)(=O)=O)cc2)O1.c1ccc([B-](c2ccccc2)(c2ccccc2)c2ccccc2)cc1. The quantitative estimate of drug-likeness (QED) is 0.189. The minimum atomic E-state index is -3.26. The minimum Gasteiger partial charge on any atom is -0.350 e. The van der Waals surface area contributed by atoms with Crippen LogP contribution in [0.4, 0.5) is 0 Å². The monoisotopic (exact) mass is 781 g/mol. The lowest BCUT2D eigenvalue weighted by molar-refractivity contribution is -0.469. The van der Waals surface area contributed by atoms with Gasteiger partial charge in [-0.3, -0.25) is 0 Å². The number of ether oxygens (including phenoxy) is 2. The molecule has 0 saturated carbocycles. The second-order valence-corrected chi connectivity index (χ2v) is 17.8. The van der Waals surface area contributed by atoms with E-state index in [1.165, 1.54) is 50.4 Å². The highest BCUT2D eigenvalue weighted by atomic mass is 32.2. The van der Waals surface area contributed by atoms with Crippen molar-refractivity contribution in [1.29, 1.82) is 0 Å². The van der Waals surface area contributed by atoms with Gasteiger partial charge in [-0.05, 0) is 54.3 Å². The normalized spacial score (nSPS) is 17.2. The summed E-state index contributed by atoms with van der Waals surface area (Å²) in [6.45, 7) is 5.10. The molecule has 7 heteroatoms. The molecule has 2 atom stereocenters. The van der Waals surface area contributed by atoms with Crippen molar-refractivity contribution in [3.63, 3.8) is 0 Å². The molecule has 9 rings (SSSR count). The fourth-order valence-electron chi connectivity index (χ4n) is 8.77. The molecule has 0 aromatic heterocycles. The van der Waals surface area contributed by atoms with Crippen molar-refractivity contribution in [2.45, 2.75) is 43.1 Å². The molecular weight excluding hydrogens is 733 g/mol. The van der Waals surface area contributed by atoms with Gasteiger partial charge in [0.25, 0.3) is 0 Å². The highest BCUT2D eigenvalue weighted by molar-refractivity contribution is 7.90. The Labute approximate surface area is 342 Å². The summed E-state index contributed by atoms with van der Waals surface area (Å²) < 4.78 is 36.3. The van der Waals surface area contributed by atoms with Gasteiger partial charge in [-0.15, -0.1) is 0 Å². The molecule has 7 aromatic rings. The third-order valence-electron chi connectivity index (χ3n) is 11.6. The maximum atomic E-state index is 11.9. The van der Waals surface area contributed by atoms with Gasteiger partial charge in [0, 0.05) is 23.3 Å². The van der Waals surface area contributed by atoms with Gasteiger partial charge >= 0.3 is 0 Å². The van der Waals surface area contributed by atoms with Crippen molar-refractivity contribution >= 4 is 44.0 Å². The van der Waals surface area contributed by atoms with Gasteiger partial charge in [-0.2, -0.15) is 21.9 Å². The molecule has 0 radical (unpaired) electrons. The Morgan fingerprint density at radius 1 is 0.586 bits per heavy atom. The Bertz CT molecular complexity index is 2450. The Morgan fingerprint density at radius 2 is 1.07 bits per heavy atom. The van der Waals surface area contributed by atoms with E-state index in [2.05, 4.69) is 169 Å². The highest BCUT2D eigenvalue weighted by Gasteiger charge is 2.39. The first kappa shape index (κ1) is 39.0. The van der Waals surface area contributed by atoms with Crippen LogP contribution in [0.1, 0.15) is 48.1 Å². The molecular formula is C51H48BNO4S. The van der Waals surface area contributed by atoms with Gasteiger partial charge in [0.1, 0.15) is 6.15 Å². The van der Waals surface area contributed by atoms with Crippen LogP contribution in [0, 0.1) is 0 Å². The van der Waals surface area contributed by atoms with Crippen LogP contribution in [0.5, 0.6) is 0 Å². The van der Waals surface area contributed by atoms with E-state index < -0.39 is 21.8 Å². The predicted molar refractivity (Wildman–Crippen MR) is 238 cm³/mol. The summed E-state index contributed by atoms with van der Waals surface area (Å²) >= 11 is 0. The number of benzene rings is 7. The smallest absolute Gasteiger partial charge is 0.175 e. The van der Waals surface area contributed by atoms with E-state index in [0.717, 1.165) is 17.7 Å². The van der Waals surface area contributed by atoms with E-state index in [4.69, 9.17) is 9.47 Å². The number of sulfone groups is 1. The van der Waals surface area contributed by atoms with Crippen LogP contribution in [0.3, 0.4) is 0 Å². The second-order valence-electron chi connectivity index (χ2n) is 15.7. The molecule has 2 aliphatic heterocycles. The fourth-order valence-corrected chi connectivity index (χ4v) is 9.40. The maximum absolute atomic E-state index is 11.9. The van der Waals surface area contributed by atoms with E-state index in [-0.39, 0.29) is 12.0 Å². The van der Waals surface area contributed by atoms with E-state index in [0.29, 0.717) is 11.5 Å². The first-order valence-corrected chi connectivity index (χ1v) is 21.8. The van der Waals surface area contributed by atoms with Crippen LogP contribution >= 0.6 is 0 Å². The fraction of sp³-hybridized carbons (Fsp3) is 0.157. The largest absolute Gasteiger partial charge is 0.350 e. The third kappa shape index (κ3) is 7.99. The highest BCUT2D eigenvalue weighted by Crippen LogP contribution is 2.43. The van der Waals surface area contributed by atoms with Gasteiger partial charge in [0.05, 0.1) is 17.6 Å². The number of fused-ring (bicyclic) bond motifs is 3. The van der Waals surface area contributed by atoms with Gasteiger partial charge in [-0.25, -0.2) is 13.4 Å². The lowest BCUT2D eigenvalue weighted by Gasteiger charge is -2.44. The van der Waals surface area contributed by atoms with E-state index >= 15 is 0 Å². The minimum absolute atomic E-state index is 0.0280. The first-order valence-electron chi connectivity index (χ1n) is 19.9. The van der Waals surface area contributed by atoms with E-state index in [1.807, 2.05) is 32.0 Å². The molecule has 1 saturated heterocycles. The molecule has 1 fully saturated rings. The summed E-state index contributed by atoms with van der Waals surface area (Å²) in [5, 5.41) is 0. The summed E-state index contributed by atoms with van der Waals surface area (Å²) in [5.74, 6) is -0.756. The zero-order chi connectivity index (χ0) is 40.2. The summed E-state index contributed by atoms with van der Waals surface area (Å²) in [6.07, 6.45) is 1.81. The van der Waals surface area contributed by atoms with Gasteiger partial charge in [0.2, 0.25) is 0 Å². The Kier molecular flexibility index (Phi) is 11.1. The van der Waals surface area contributed by atoms with Crippen LogP contribution in [0.25, 0.3) is 11.1 Å². The second kappa shape index (κ2) is 16.6. The van der Waals surface area contributed by atoms with Gasteiger partial charge < -0.3 is 9.47 Å². The van der Waals surface area contributed by atoms with Crippen molar-refractivity contribution in [3.8, 4) is 11.1 Å². The predicted octanol–water partition coefficient (Wildman–Crippen LogP) is 6.44. The summed E-state index contributed by atoms with van der Waals surface area (Å²) in [6, 6.07) is 65.5. The van der Waals surface area contributed by atoms with Crippen molar-refractivity contribution < 1.29 is 22.9 Å². The number of hydrogen-bond acceptors (Lipinski definition) is 4. The van der Waals surface area contributed by atoms with Crippen LogP contribution < -0.4 is 26.8 Å². The van der Waals surface area contributed by atoms with E-state index in [9.17, 15) is 8.42 Å². The lowest BCUT2D eigenvalue weighted by atomic mass is 9.13. The summed E-state index contributed by atoms with van der Waals surface area (Å²) in [5.41, 5.74) is 12.2. The first-order chi connectivity index (χ1) is 28.1. The van der Waals surface area contributed by atoms with Gasteiger partial charge in [-0.1, -0.05) is 170 Å². The zero-order valence-electron chi connectivity index (χ0n) is 33.2. The molecule has 2 aliphatic rings. The molecule has 290 valence electrons. The molecule has 58 heavy (non-hydrogen) atoms. The number of rotatable bonds is 7. The molecule has 0 spiro atoms. The average molecular weight is 782 g/mol. The number of hydrogen-bond donors (Lipinski definition) is 1. The van der Waals surface area contributed by atoms with Crippen molar-refractivity contribution in [2.75, 3.05) is 12.9 Å². The molecule has 1 N–H and O–H groups in total. The maximum Gasteiger partial charge on any atom is 0.175 e. The topological polar surface area (TPSA) is 66.6 Å². The molecule has 7 aromatic carbocycles. The molecule has 0 amide bonds. The molecule has 0 aliphatic carbocycles.